The number of H-pyrrole nitrogens is 1. The minimum atomic E-state index is -0.860. The number of aliphatic hydroxyl groups excluding tert-OH is 1. The van der Waals surface area contributed by atoms with Crippen LogP contribution in [-0.2, 0) is 0 Å². The summed E-state index contributed by atoms with van der Waals surface area (Å²) in [4.78, 5) is 19.5. The summed E-state index contributed by atoms with van der Waals surface area (Å²) in [6, 6.07) is 12.1. The Morgan fingerprint density at radius 1 is 1.26 bits per heavy atom. The molecule has 0 radical (unpaired) electrons. The molecule has 0 aliphatic heterocycles. The van der Waals surface area contributed by atoms with E-state index in [9.17, 15) is 14.3 Å². The monoisotopic (exact) mass is 366 g/mol. The summed E-state index contributed by atoms with van der Waals surface area (Å²) in [6.07, 6.45) is 1.65. The lowest BCUT2D eigenvalue weighted by Crippen LogP contribution is -2.31. The number of nitrogens with zero attached hydrogens (tertiary/aromatic N) is 2. The molecule has 0 spiro atoms. The molecule has 8 heteroatoms. The minimum absolute atomic E-state index is 0.0579. The highest BCUT2D eigenvalue weighted by atomic mass is 19.1. The summed E-state index contributed by atoms with van der Waals surface area (Å²) in [5, 5.41) is 16.8. The first-order chi connectivity index (χ1) is 13.2. The van der Waals surface area contributed by atoms with Crippen LogP contribution < -0.4 is 5.32 Å². The fourth-order valence-electron chi connectivity index (χ4n) is 2.78. The van der Waals surface area contributed by atoms with E-state index in [-0.39, 0.29) is 23.4 Å². The molecule has 0 saturated carbocycles. The quantitative estimate of drug-likeness (QED) is 0.504. The van der Waals surface area contributed by atoms with Gasteiger partial charge in [0.25, 0.3) is 11.8 Å². The van der Waals surface area contributed by atoms with Gasteiger partial charge in [0.05, 0.1) is 6.61 Å². The van der Waals surface area contributed by atoms with E-state index in [1.165, 1.54) is 12.1 Å². The molecule has 4 aromatic rings. The Morgan fingerprint density at radius 2 is 2.07 bits per heavy atom. The predicted molar refractivity (Wildman–Crippen MR) is 95.3 cm³/mol. The van der Waals surface area contributed by atoms with Crippen molar-refractivity contribution in [1.29, 1.82) is 0 Å². The molecule has 1 unspecified atom stereocenters. The Bertz CT molecular complexity index is 1090. The van der Waals surface area contributed by atoms with Crippen LogP contribution in [0.5, 0.6) is 0 Å². The molecule has 136 valence electrons. The van der Waals surface area contributed by atoms with Crippen LogP contribution in [0.15, 0.2) is 59.3 Å². The van der Waals surface area contributed by atoms with Crippen molar-refractivity contribution >= 4 is 16.8 Å². The summed E-state index contributed by atoms with van der Waals surface area (Å²) in [6.45, 7) is -0.414. The van der Waals surface area contributed by atoms with Gasteiger partial charge in [-0.3, -0.25) is 4.79 Å². The Morgan fingerprint density at radius 3 is 2.85 bits per heavy atom. The molecule has 0 saturated heterocycles. The van der Waals surface area contributed by atoms with E-state index < -0.39 is 12.6 Å². The Hall–Kier alpha value is -3.52. The second kappa shape index (κ2) is 7.00. The number of benzene rings is 2. The third kappa shape index (κ3) is 3.30. The lowest BCUT2D eigenvalue weighted by Gasteiger charge is -2.11. The Kier molecular flexibility index (Phi) is 4.39. The van der Waals surface area contributed by atoms with Gasteiger partial charge in [-0.1, -0.05) is 23.4 Å². The van der Waals surface area contributed by atoms with Gasteiger partial charge in [0.15, 0.2) is 0 Å². The molecule has 2 heterocycles. The zero-order chi connectivity index (χ0) is 18.8. The van der Waals surface area contributed by atoms with Crippen molar-refractivity contribution < 1.29 is 18.8 Å². The lowest BCUT2D eigenvalue weighted by molar-refractivity contribution is 0.0901. The molecule has 2 aromatic heterocycles. The van der Waals surface area contributed by atoms with E-state index in [2.05, 4.69) is 20.4 Å². The second-order valence-corrected chi connectivity index (χ2v) is 5.92. The smallest absolute Gasteiger partial charge is 0.251 e. The Balaban J connectivity index is 1.60. The molecule has 1 amide bonds. The molecule has 2 aromatic carbocycles. The summed E-state index contributed by atoms with van der Waals surface area (Å²) in [7, 11) is 0. The van der Waals surface area contributed by atoms with Gasteiger partial charge >= 0.3 is 0 Å². The maximum atomic E-state index is 13.5. The first-order valence-corrected chi connectivity index (χ1v) is 8.23. The highest BCUT2D eigenvalue weighted by molar-refractivity contribution is 5.94. The first-order valence-electron chi connectivity index (χ1n) is 8.23. The zero-order valence-corrected chi connectivity index (χ0v) is 14.0. The highest BCUT2D eigenvalue weighted by Crippen LogP contribution is 2.28. The number of amides is 1. The van der Waals surface area contributed by atoms with Crippen LogP contribution in [0, 0.1) is 5.82 Å². The molecule has 7 nitrogen and oxygen atoms in total. The molecule has 1 atom stereocenters. The summed E-state index contributed by atoms with van der Waals surface area (Å²) in [5.41, 5.74) is 1.74. The van der Waals surface area contributed by atoms with E-state index in [0.717, 1.165) is 5.52 Å². The average molecular weight is 366 g/mol. The van der Waals surface area contributed by atoms with E-state index >= 15 is 0 Å². The standard InChI is InChI=1S/C19H15FN4O3/c20-12-6-7-15-13(8-12)14(9-21-15)17-23-19(27-24-17)16(10-25)22-18(26)11-4-2-1-3-5-11/h1-9,16,21,25H,10H2,(H,22,26). The van der Waals surface area contributed by atoms with Crippen LogP contribution >= 0.6 is 0 Å². The van der Waals surface area contributed by atoms with Crippen molar-refractivity contribution in [3.8, 4) is 11.4 Å². The van der Waals surface area contributed by atoms with Crippen molar-refractivity contribution in [2.45, 2.75) is 6.04 Å². The molecular formula is C19H15FN4O3. The molecule has 0 bridgehead atoms. The lowest BCUT2D eigenvalue weighted by atomic mass is 10.1. The van der Waals surface area contributed by atoms with E-state index in [1.807, 2.05) is 0 Å². The SMILES string of the molecule is O=C(NC(CO)c1nc(-c2c[nH]c3ccc(F)cc23)no1)c1ccccc1. The van der Waals surface area contributed by atoms with Crippen LogP contribution in [-0.4, -0.2) is 32.7 Å². The largest absolute Gasteiger partial charge is 0.394 e. The van der Waals surface area contributed by atoms with Crippen molar-refractivity contribution in [2.24, 2.45) is 0 Å². The number of aromatic amines is 1. The topological polar surface area (TPSA) is 104 Å². The van der Waals surface area contributed by atoms with E-state index in [4.69, 9.17) is 4.52 Å². The number of carbonyl (C=O) groups is 1. The van der Waals surface area contributed by atoms with Crippen LogP contribution in [0.25, 0.3) is 22.3 Å². The van der Waals surface area contributed by atoms with Gasteiger partial charge in [-0.15, -0.1) is 0 Å². The zero-order valence-electron chi connectivity index (χ0n) is 14.0. The summed E-state index contributed by atoms with van der Waals surface area (Å²) >= 11 is 0. The van der Waals surface area contributed by atoms with E-state index in [0.29, 0.717) is 16.5 Å². The maximum absolute atomic E-state index is 13.5. The Labute approximate surface area is 152 Å². The number of aromatic nitrogens is 3. The third-order valence-corrected chi connectivity index (χ3v) is 4.15. The number of hydrogen-bond donors (Lipinski definition) is 3. The number of nitrogens with one attached hydrogen (secondary N) is 2. The van der Waals surface area contributed by atoms with E-state index in [1.54, 1.807) is 42.6 Å². The highest BCUT2D eigenvalue weighted by Gasteiger charge is 2.22. The third-order valence-electron chi connectivity index (χ3n) is 4.15. The van der Waals surface area contributed by atoms with Crippen molar-refractivity contribution in [3.05, 3.63) is 72.0 Å². The normalized spacial score (nSPS) is 12.2. The van der Waals surface area contributed by atoms with Crippen LogP contribution in [0.4, 0.5) is 4.39 Å². The van der Waals surface area contributed by atoms with Crippen molar-refractivity contribution in [1.82, 2.24) is 20.4 Å². The molecule has 0 fully saturated rings. The van der Waals surface area contributed by atoms with Gasteiger partial charge in [-0.2, -0.15) is 4.98 Å². The number of hydrogen-bond acceptors (Lipinski definition) is 5. The van der Waals surface area contributed by atoms with Gasteiger partial charge in [-0.25, -0.2) is 4.39 Å². The van der Waals surface area contributed by atoms with Gasteiger partial charge in [-0.05, 0) is 30.3 Å². The summed E-state index contributed by atoms with van der Waals surface area (Å²) in [5.74, 6) is -0.462. The number of halogens is 1. The maximum Gasteiger partial charge on any atom is 0.251 e. The summed E-state index contributed by atoms with van der Waals surface area (Å²) < 4.78 is 18.8. The number of carbonyl (C=O) groups excluding carboxylic acids is 1. The van der Waals surface area contributed by atoms with Crippen LogP contribution in [0.2, 0.25) is 0 Å². The molecular weight excluding hydrogens is 351 g/mol. The fraction of sp³-hybridized carbons (Fsp3) is 0.105. The molecule has 0 aliphatic carbocycles. The number of fused-ring (bicyclic) bond motifs is 1. The average Bonchev–Trinajstić information content (AvgIpc) is 3.33. The number of rotatable bonds is 5. The fourth-order valence-corrected chi connectivity index (χ4v) is 2.78. The molecule has 27 heavy (non-hydrogen) atoms. The molecule has 0 aliphatic rings. The van der Waals surface area contributed by atoms with Gasteiger partial charge in [0.2, 0.25) is 5.82 Å². The van der Waals surface area contributed by atoms with Crippen LogP contribution in [0.3, 0.4) is 0 Å². The van der Waals surface area contributed by atoms with Crippen molar-refractivity contribution in [2.75, 3.05) is 6.61 Å². The first kappa shape index (κ1) is 16.9. The minimum Gasteiger partial charge on any atom is -0.394 e. The van der Waals surface area contributed by atoms with Gasteiger partial charge in [0, 0.05) is 28.2 Å². The van der Waals surface area contributed by atoms with Crippen LogP contribution in [0.1, 0.15) is 22.3 Å². The number of aliphatic hydroxyl groups is 1. The van der Waals surface area contributed by atoms with Crippen molar-refractivity contribution in [3.63, 3.8) is 0 Å². The predicted octanol–water partition coefficient (Wildman–Crippen LogP) is 2.82. The van der Waals surface area contributed by atoms with Gasteiger partial charge in [0.1, 0.15) is 11.9 Å². The second-order valence-electron chi connectivity index (χ2n) is 5.92. The molecule has 3 N–H and O–H groups in total. The van der Waals surface area contributed by atoms with Gasteiger partial charge < -0.3 is 19.9 Å². The molecule has 4 rings (SSSR count).